The van der Waals surface area contributed by atoms with Gasteiger partial charge in [-0.2, -0.15) is 0 Å². The van der Waals surface area contributed by atoms with Crippen LogP contribution in [0.2, 0.25) is 0 Å². The standard InChI is InChI=1S/C22H30N6O2/c1-17(2)15-28-20-19(21(29)24(3)22(28)30)27(16-23-20)14-11-25-9-12-26(13-10-25)18-7-5-4-6-8-18/h4-8,16-17H,9-15H2,1-3H3. The molecule has 0 amide bonds. The minimum atomic E-state index is -0.302. The minimum absolute atomic E-state index is 0.276. The van der Waals surface area contributed by atoms with Crippen LogP contribution in [0.5, 0.6) is 0 Å². The van der Waals surface area contributed by atoms with Gasteiger partial charge in [-0.25, -0.2) is 9.78 Å². The van der Waals surface area contributed by atoms with E-state index in [2.05, 4.69) is 52.9 Å². The van der Waals surface area contributed by atoms with E-state index >= 15 is 0 Å². The first-order chi connectivity index (χ1) is 14.5. The third kappa shape index (κ3) is 3.92. The van der Waals surface area contributed by atoms with Crippen molar-refractivity contribution < 1.29 is 0 Å². The lowest BCUT2D eigenvalue weighted by molar-refractivity contribution is 0.249. The molecule has 0 atom stereocenters. The van der Waals surface area contributed by atoms with Crippen molar-refractivity contribution in [1.82, 2.24) is 23.6 Å². The Labute approximate surface area is 176 Å². The molecule has 1 aliphatic heterocycles. The summed E-state index contributed by atoms with van der Waals surface area (Å²) < 4.78 is 4.72. The SMILES string of the molecule is CC(C)Cn1c(=O)n(C)c(=O)c2c1ncn2CCN1CCN(c2ccccc2)CC1. The maximum atomic E-state index is 12.8. The van der Waals surface area contributed by atoms with Gasteiger partial charge in [0.1, 0.15) is 0 Å². The number of fused-ring (bicyclic) bond motifs is 1. The molecule has 0 spiro atoms. The summed E-state index contributed by atoms with van der Waals surface area (Å²) in [5, 5.41) is 0. The van der Waals surface area contributed by atoms with Crippen molar-refractivity contribution in [3.63, 3.8) is 0 Å². The van der Waals surface area contributed by atoms with Crippen LogP contribution >= 0.6 is 0 Å². The summed E-state index contributed by atoms with van der Waals surface area (Å²) in [5.74, 6) is 0.287. The molecule has 1 fully saturated rings. The first-order valence-electron chi connectivity index (χ1n) is 10.6. The number of aromatic nitrogens is 4. The highest BCUT2D eigenvalue weighted by molar-refractivity contribution is 5.70. The van der Waals surface area contributed by atoms with Gasteiger partial charge in [0.2, 0.25) is 0 Å². The van der Waals surface area contributed by atoms with Gasteiger partial charge < -0.3 is 9.47 Å². The van der Waals surface area contributed by atoms with Gasteiger partial charge in [-0.15, -0.1) is 0 Å². The van der Waals surface area contributed by atoms with Crippen LogP contribution in [0.3, 0.4) is 0 Å². The molecule has 0 N–H and O–H groups in total. The predicted octanol–water partition coefficient (Wildman–Crippen LogP) is 1.37. The lowest BCUT2D eigenvalue weighted by Crippen LogP contribution is -2.47. The monoisotopic (exact) mass is 410 g/mol. The zero-order valence-corrected chi connectivity index (χ0v) is 18.0. The van der Waals surface area contributed by atoms with Crippen LogP contribution in [-0.2, 0) is 20.1 Å². The summed E-state index contributed by atoms with van der Waals surface area (Å²) in [6.45, 7) is 10.1. The van der Waals surface area contributed by atoms with Crippen molar-refractivity contribution in [2.75, 3.05) is 37.6 Å². The molecule has 3 aromatic rings. The van der Waals surface area contributed by atoms with Crippen molar-refractivity contribution in [2.45, 2.75) is 26.9 Å². The Morgan fingerprint density at radius 2 is 1.70 bits per heavy atom. The molecule has 0 aliphatic carbocycles. The molecular weight excluding hydrogens is 380 g/mol. The summed E-state index contributed by atoms with van der Waals surface area (Å²) in [6.07, 6.45) is 1.70. The second kappa shape index (κ2) is 8.47. The smallest absolute Gasteiger partial charge is 0.332 e. The Hall–Kier alpha value is -2.87. The number of nitrogens with zero attached hydrogens (tertiary/aromatic N) is 6. The summed E-state index contributed by atoms with van der Waals surface area (Å²) in [5.41, 5.74) is 1.70. The number of para-hydroxylation sites is 1. The lowest BCUT2D eigenvalue weighted by atomic mass is 10.2. The molecule has 4 rings (SSSR count). The van der Waals surface area contributed by atoms with Crippen molar-refractivity contribution in [2.24, 2.45) is 13.0 Å². The second-order valence-electron chi connectivity index (χ2n) is 8.43. The quantitative estimate of drug-likeness (QED) is 0.614. The fraction of sp³-hybridized carbons (Fsp3) is 0.500. The normalized spacial score (nSPS) is 15.4. The molecule has 30 heavy (non-hydrogen) atoms. The van der Waals surface area contributed by atoms with Crippen molar-refractivity contribution in [1.29, 1.82) is 0 Å². The molecule has 0 radical (unpaired) electrons. The maximum Gasteiger partial charge on any atom is 0.332 e. The second-order valence-corrected chi connectivity index (χ2v) is 8.43. The molecule has 8 heteroatoms. The number of anilines is 1. The van der Waals surface area contributed by atoms with Crippen LogP contribution in [0.1, 0.15) is 13.8 Å². The van der Waals surface area contributed by atoms with Crippen LogP contribution in [0.15, 0.2) is 46.2 Å². The average molecular weight is 411 g/mol. The third-order valence-electron chi connectivity index (χ3n) is 5.80. The Bertz CT molecular complexity index is 1120. The number of hydrogen-bond donors (Lipinski definition) is 0. The van der Waals surface area contributed by atoms with E-state index in [-0.39, 0.29) is 17.2 Å². The van der Waals surface area contributed by atoms with E-state index in [1.54, 1.807) is 17.9 Å². The molecule has 0 bridgehead atoms. The van der Waals surface area contributed by atoms with Crippen LogP contribution in [0.4, 0.5) is 5.69 Å². The summed E-state index contributed by atoms with van der Waals surface area (Å²) in [4.78, 5) is 34.6. The van der Waals surface area contributed by atoms with E-state index in [1.807, 2.05) is 10.6 Å². The van der Waals surface area contributed by atoms with Crippen LogP contribution in [0, 0.1) is 5.92 Å². The van der Waals surface area contributed by atoms with Gasteiger partial charge in [-0.05, 0) is 18.1 Å². The van der Waals surface area contributed by atoms with Gasteiger partial charge in [0.15, 0.2) is 11.2 Å². The molecule has 160 valence electrons. The van der Waals surface area contributed by atoms with Gasteiger partial charge in [0.05, 0.1) is 6.33 Å². The Morgan fingerprint density at radius 3 is 2.37 bits per heavy atom. The number of hydrogen-bond acceptors (Lipinski definition) is 5. The Morgan fingerprint density at radius 1 is 1.00 bits per heavy atom. The van der Waals surface area contributed by atoms with Crippen LogP contribution < -0.4 is 16.1 Å². The van der Waals surface area contributed by atoms with E-state index in [9.17, 15) is 9.59 Å². The van der Waals surface area contributed by atoms with E-state index < -0.39 is 0 Å². The number of benzene rings is 1. The predicted molar refractivity (Wildman–Crippen MR) is 119 cm³/mol. The van der Waals surface area contributed by atoms with Gasteiger partial charge in [-0.3, -0.25) is 18.8 Å². The van der Waals surface area contributed by atoms with Gasteiger partial charge >= 0.3 is 5.69 Å². The lowest BCUT2D eigenvalue weighted by Gasteiger charge is -2.36. The number of rotatable bonds is 6. The molecule has 1 saturated heterocycles. The van der Waals surface area contributed by atoms with E-state index in [0.29, 0.717) is 24.3 Å². The Kier molecular flexibility index (Phi) is 5.76. The molecule has 1 aromatic carbocycles. The van der Waals surface area contributed by atoms with Gasteiger partial charge in [-0.1, -0.05) is 32.0 Å². The first kappa shape index (κ1) is 20.4. The highest BCUT2D eigenvalue weighted by Gasteiger charge is 2.19. The van der Waals surface area contributed by atoms with Crippen molar-refractivity contribution in [3.05, 3.63) is 57.5 Å². The van der Waals surface area contributed by atoms with Crippen molar-refractivity contribution in [3.8, 4) is 0 Å². The molecular formula is C22H30N6O2. The molecule has 3 heterocycles. The summed E-state index contributed by atoms with van der Waals surface area (Å²) in [6, 6.07) is 10.5. The van der Waals surface area contributed by atoms with E-state index in [4.69, 9.17) is 0 Å². The molecule has 8 nitrogen and oxygen atoms in total. The molecule has 2 aromatic heterocycles. The van der Waals surface area contributed by atoms with Gasteiger partial charge in [0, 0.05) is 58.5 Å². The largest absolute Gasteiger partial charge is 0.369 e. The molecule has 0 saturated carbocycles. The number of piperazine rings is 1. The fourth-order valence-corrected chi connectivity index (χ4v) is 4.12. The van der Waals surface area contributed by atoms with Crippen LogP contribution in [0.25, 0.3) is 11.2 Å². The zero-order chi connectivity index (χ0) is 21.3. The van der Waals surface area contributed by atoms with E-state index in [1.165, 1.54) is 10.3 Å². The average Bonchev–Trinajstić information content (AvgIpc) is 3.18. The minimum Gasteiger partial charge on any atom is -0.369 e. The van der Waals surface area contributed by atoms with Crippen molar-refractivity contribution >= 4 is 16.9 Å². The zero-order valence-electron chi connectivity index (χ0n) is 18.0. The summed E-state index contributed by atoms with van der Waals surface area (Å²) in [7, 11) is 1.54. The fourth-order valence-electron chi connectivity index (χ4n) is 4.12. The van der Waals surface area contributed by atoms with Gasteiger partial charge in [0.25, 0.3) is 5.56 Å². The first-order valence-corrected chi connectivity index (χ1v) is 10.6. The maximum absolute atomic E-state index is 12.8. The molecule has 1 aliphatic rings. The Balaban J connectivity index is 1.48. The number of imidazole rings is 1. The summed E-state index contributed by atoms with van der Waals surface area (Å²) >= 11 is 0. The topological polar surface area (TPSA) is 68.3 Å². The molecule has 0 unspecified atom stereocenters. The third-order valence-corrected chi connectivity index (χ3v) is 5.80. The highest BCUT2D eigenvalue weighted by Crippen LogP contribution is 2.16. The van der Waals surface area contributed by atoms with E-state index in [0.717, 1.165) is 32.7 Å². The highest BCUT2D eigenvalue weighted by atomic mass is 16.2. The van der Waals surface area contributed by atoms with Crippen LogP contribution in [-0.4, -0.2) is 56.3 Å².